The molecular weight excluding hydrogens is 440 g/mol. The summed E-state index contributed by atoms with van der Waals surface area (Å²) in [5.74, 6) is 1.02. The van der Waals surface area contributed by atoms with Crippen LogP contribution >= 0.6 is 0 Å². The number of ether oxygens (including phenoxy) is 1. The summed E-state index contributed by atoms with van der Waals surface area (Å²) in [6.45, 7) is 14.6. The van der Waals surface area contributed by atoms with Crippen molar-refractivity contribution in [3.63, 3.8) is 0 Å². The first-order valence-electron chi connectivity index (χ1n) is 13.7. The van der Waals surface area contributed by atoms with Crippen molar-refractivity contribution in [2.24, 2.45) is 40.4 Å². The Morgan fingerprint density at radius 1 is 1.20 bits per heavy atom. The van der Waals surface area contributed by atoms with Gasteiger partial charge in [-0.3, -0.25) is 9.59 Å². The van der Waals surface area contributed by atoms with Gasteiger partial charge in [0.1, 0.15) is 0 Å². The molecule has 0 aliphatic heterocycles. The minimum atomic E-state index is -1.15. The number of Topliss-reactive ketones (excluding diaryl/α,β-unsaturated/α-hetero) is 1. The summed E-state index contributed by atoms with van der Waals surface area (Å²) in [5.41, 5.74) is 1.77. The topological polar surface area (TPSA) is 83.8 Å². The largest absolute Gasteiger partial charge is 0.469 e. The smallest absolute Gasteiger partial charge is 0.312 e. The summed E-state index contributed by atoms with van der Waals surface area (Å²) < 4.78 is 4.88. The van der Waals surface area contributed by atoms with E-state index in [1.807, 2.05) is 6.92 Å². The second-order valence-corrected chi connectivity index (χ2v) is 13.0. The Kier molecular flexibility index (Phi) is 6.94. The van der Waals surface area contributed by atoms with E-state index in [0.717, 1.165) is 56.1 Å². The number of carbonyl (C=O) groups excluding carboxylic acids is 2. The number of methoxy groups -OCH3 is 1. The van der Waals surface area contributed by atoms with Crippen LogP contribution in [-0.4, -0.2) is 40.8 Å². The molecule has 2 N–H and O–H groups in total. The van der Waals surface area contributed by atoms with E-state index in [-0.39, 0.29) is 35.8 Å². The molecule has 35 heavy (non-hydrogen) atoms. The normalized spacial score (nSPS) is 42.6. The van der Waals surface area contributed by atoms with Crippen LogP contribution in [-0.2, 0) is 14.3 Å². The van der Waals surface area contributed by atoms with Crippen LogP contribution in [0.5, 0.6) is 0 Å². The van der Waals surface area contributed by atoms with E-state index in [2.05, 4.69) is 27.4 Å². The van der Waals surface area contributed by atoms with Gasteiger partial charge < -0.3 is 14.9 Å². The van der Waals surface area contributed by atoms with Gasteiger partial charge in [-0.1, -0.05) is 38.5 Å². The van der Waals surface area contributed by atoms with Crippen molar-refractivity contribution in [1.82, 2.24) is 0 Å². The van der Waals surface area contributed by atoms with Crippen LogP contribution in [0.25, 0.3) is 0 Å². The fraction of sp³-hybridized carbons (Fsp3) is 0.800. The van der Waals surface area contributed by atoms with Crippen LogP contribution < -0.4 is 0 Å². The monoisotopic (exact) mass is 488 g/mol. The van der Waals surface area contributed by atoms with Crippen LogP contribution in [0.15, 0.2) is 23.3 Å². The maximum Gasteiger partial charge on any atom is 0.312 e. The number of fused-ring (bicyclic) bond motifs is 4. The molecule has 4 aliphatic carbocycles. The summed E-state index contributed by atoms with van der Waals surface area (Å²) >= 11 is 0. The highest BCUT2D eigenvalue weighted by Gasteiger charge is 2.62. The second kappa shape index (κ2) is 9.13. The Morgan fingerprint density at radius 3 is 2.54 bits per heavy atom. The van der Waals surface area contributed by atoms with Crippen LogP contribution in [0.4, 0.5) is 0 Å². The first-order valence-corrected chi connectivity index (χ1v) is 13.7. The molecule has 5 nitrogen and oxygen atoms in total. The molecule has 3 unspecified atom stereocenters. The van der Waals surface area contributed by atoms with Crippen molar-refractivity contribution in [1.29, 1.82) is 0 Å². The molecule has 9 atom stereocenters. The second-order valence-electron chi connectivity index (χ2n) is 13.0. The van der Waals surface area contributed by atoms with Crippen molar-refractivity contribution in [2.75, 3.05) is 7.11 Å². The maximum atomic E-state index is 13.9. The van der Waals surface area contributed by atoms with E-state index < -0.39 is 11.7 Å². The van der Waals surface area contributed by atoms with Gasteiger partial charge in [-0.2, -0.15) is 0 Å². The molecule has 0 saturated heterocycles. The van der Waals surface area contributed by atoms with Crippen LogP contribution in [0, 0.1) is 40.4 Å². The van der Waals surface area contributed by atoms with Crippen molar-refractivity contribution in [2.45, 2.75) is 104 Å². The lowest BCUT2D eigenvalue weighted by molar-refractivity contribution is -0.167. The van der Waals surface area contributed by atoms with Crippen molar-refractivity contribution < 1.29 is 26.0 Å². The molecule has 0 bridgehead atoms. The lowest BCUT2D eigenvalue weighted by Crippen LogP contribution is -2.60. The van der Waals surface area contributed by atoms with Crippen molar-refractivity contribution >= 4 is 11.8 Å². The average molecular weight is 489 g/mol. The predicted molar refractivity (Wildman–Crippen MR) is 138 cm³/mol. The molecular formula is C30H48O5. The van der Waals surface area contributed by atoms with Crippen molar-refractivity contribution in [3.8, 4) is 0 Å². The Morgan fingerprint density at radius 2 is 1.89 bits per heavy atom. The number of hydrogen-bond donors (Lipinski definition) is 2. The Labute approximate surface area is 212 Å². The number of allylic oxidation sites excluding steroid dienone is 2. The highest BCUT2D eigenvalue weighted by Crippen LogP contribution is 2.66. The zero-order valence-electron chi connectivity index (χ0n) is 22.7. The van der Waals surface area contributed by atoms with E-state index in [9.17, 15) is 19.8 Å². The van der Waals surface area contributed by atoms with Gasteiger partial charge in [0.15, 0.2) is 5.78 Å². The minimum absolute atomic E-state index is 0. The van der Waals surface area contributed by atoms with Crippen LogP contribution in [0.3, 0.4) is 0 Å². The highest BCUT2D eigenvalue weighted by atomic mass is 16.5. The first kappa shape index (κ1) is 26.6. The van der Waals surface area contributed by atoms with E-state index in [1.165, 1.54) is 12.7 Å². The molecule has 0 spiro atoms. The van der Waals surface area contributed by atoms with E-state index in [0.29, 0.717) is 30.6 Å². The molecule has 2 saturated carbocycles. The van der Waals surface area contributed by atoms with Gasteiger partial charge in [0.2, 0.25) is 0 Å². The molecule has 0 aromatic carbocycles. The van der Waals surface area contributed by atoms with E-state index in [4.69, 9.17) is 4.74 Å². The van der Waals surface area contributed by atoms with Crippen LogP contribution in [0.1, 0.15) is 93.8 Å². The van der Waals surface area contributed by atoms with Crippen molar-refractivity contribution in [3.05, 3.63) is 23.3 Å². The van der Waals surface area contributed by atoms with Gasteiger partial charge in [0, 0.05) is 18.8 Å². The lowest BCUT2D eigenvalue weighted by Gasteiger charge is -2.58. The summed E-state index contributed by atoms with van der Waals surface area (Å²) in [4.78, 5) is 25.8. The first-order chi connectivity index (χ1) is 16.3. The zero-order chi connectivity index (χ0) is 25.9. The molecule has 2 fully saturated rings. The van der Waals surface area contributed by atoms with Gasteiger partial charge in [-0.05, 0) is 94.3 Å². The van der Waals surface area contributed by atoms with E-state index >= 15 is 0 Å². The van der Waals surface area contributed by atoms with Gasteiger partial charge >= 0.3 is 5.97 Å². The lowest BCUT2D eigenvalue weighted by atomic mass is 9.47. The Bertz CT molecular complexity index is 938. The van der Waals surface area contributed by atoms with E-state index in [1.54, 1.807) is 6.92 Å². The number of hydrogen-bond acceptors (Lipinski definition) is 5. The molecule has 0 aromatic rings. The molecule has 0 radical (unpaired) electrons. The molecule has 0 aromatic heterocycles. The SMILES string of the molecule is C=C(CC[C@@H](C)[C@H]1CC[C@H]2C3=C(C(=O)C[C@]12C)[C@@]1(C)CCC(O)[C@](C)(O)C1CC3)C(C)C(=O)OC.[HH]. The van der Waals surface area contributed by atoms with Gasteiger partial charge in [-0.25, -0.2) is 0 Å². The number of aliphatic hydroxyl groups excluding tert-OH is 1. The summed E-state index contributed by atoms with van der Waals surface area (Å²) in [7, 11) is 1.42. The standard InChI is InChI=1S/C30H46O5.H2/c1-17(19(3)27(33)35-7)8-9-18(2)21-11-12-22-20-10-13-24-28(4,15-14-25(32)30(24,6)34)26(20)23(31)16-29(21,22)5;/h18-19,21-22,24-25,32,34H,1,8-16H2,2-7H3;1H/t18-,19?,21-,22+,24?,25?,28+,29-,30-;/m1./s1. The highest BCUT2D eigenvalue weighted by molar-refractivity contribution is 5.99. The zero-order valence-corrected chi connectivity index (χ0v) is 22.7. The third-order valence-electron chi connectivity index (χ3n) is 11.1. The predicted octanol–water partition coefficient (Wildman–Crippen LogP) is 5.64. The minimum Gasteiger partial charge on any atom is -0.469 e. The fourth-order valence-corrected chi connectivity index (χ4v) is 8.96. The molecule has 198 valence electrons. The molecule has 0 amide bonds. The number of ketones is 1. The average Bonchev–Trinajstić information content (AvgIpc) is 3.15. The maximum absolute atomic E-state index is 13.9. The molecule has 0 heterocycles. The summed E-state index contributed by atoms with van der Waals surface area (Å²) in [6.07, 6.45) is 6.88. The van der Waals surface area contributed by atoms with Gasteiger partial charge in [0.25, 0.3) is 0 Å². The number of aliphatic hydroxyl groups is 2. The fourth-order valence-electron chi connectivity index (χ4n) is 8.96. The third-order valence-corrected chi connectivity index (χ3v) is 11.1. The number of carbonyl (C=O) groups is 2. The van der Waals surface area contributed by atoms with Gasteiger partial charge in [0.05, 0.1) is 24.7 Å². The Hall–Kier alpha value is -1.46. The summed E-state index contributed by atoms with van der Waals surface area (Å²) in [6, 6.07) is 0. The summed E-state index contributed by atoms with van der Waals surface area (Å²) in [5, 5.41) is 21.7. The quantitative estimate of drug-likeness (QED) is 0.373. The van der Waals surface area contributed by atoms with Gasteiger partial charge in [-0.15, -0.1) is 0 Å². The number of esters is 1. The molecule has 4 aliphatic rings. The third kappa shape index (κ3) is 4.05. The number of rotatable bonds is 6. The molecule has 4 rings (SSSR count). The molecule has 5 heteroatoms. The Balaban J connectivity index is 0.00000361. The van der Waals surface area contributed by atoms with Crippen LogP contribution in [0.2, 0.25) is 0 Å².